The highest BCUT2D eigenvalue weighted by Crippen LogP contribution is 2.20. The third-order valence-corrected chi connectivity index (χ3v) is 4.20. The van der Waals surface area contributed by atoms with Gasteiger partial charge in [0.25, 0.3) is 0 Å². The highest BCUT2D eigenvalue weighted by Gasteiger charge is 2.11. The van der Waals surface area contributed by atoms with Crippen LogP contribution in [0.5, 0.6) is 5.75 Å². The van der Waals surface area contributed by atoms with Gasteiger partial charge in [0.15, 0.2) is 0 Å². The molecule has 140 valence electrons. The van der Waals surface area contributed by atoms with Crippen LogP contribution in [0.4, 0.5) is 0 Å². The van der Waals surface area contributed by atoms with Crippen LogP contribution in [-0.4, -0.2) is 12.6 Å². The molecule has 5 heteroatoms. The predicted octanol–water partition coefficient (Wildman–Crippen LogP) is 4.64. The van der Waals surface area contributed by atoms with Crippen LogP contribution in [0, 0.1) is 6.92 Å². The molecule has 1 heterocycles. The van der Waals surface area contributed by atoms with E-state index in [1.54, 1.807) is 30.3 Å². The molecule has 0 bridgehead atoms. The van der Waals surface area contributed by atoms with Crippen molar-refractivity contribution in [1.29, 1.82) is 0 Å². The zero-order chi connectivity index (χ0) is 19.2. The second-order valence-corrected chi connectivity index (χ2v) is 6.39. The van der Waals surface area contributed by atoms with Gasteiger partial charge in [0, 0.05) is 17.0 Å². The second kappa shape index (κ2) is 8.54. The average Bonchev–Trinajstić information content (AvgIpc) is 2.66. The molecule has 3 rings (SSSR count). The molecule has 0 spiro atoms. The summed E-state index contributed by atoms with van der Waals surface area (Å²) in [5, 5.41) is 0.757. The fourth-order valence-corrected chi connectivity index (χ4v) is 2.70. The molecule has 0 amide bonds. The number of ether oxygens (including phenoxy) is 2. The molecule has 0 aliphatic carbocycles. The second-order valence-electron chi connectivity index (χ2n) is 6.39. The Balaban J connectivity index is 1.69. The summed E-state index contributed by atoms with van der Waals surface area (Å²) in [4.78, 5) is 24.1. The van der Waals surface area contributed by atoms with Gasteiger partial charge in [-0.3, -0.25) is 0 Å². The smallest absolute Gasteiger partial charge is 0.338 e. The summed E-state index contributed by atoms with van der Waals surface area (Å²) >= 11 is 0. The monoisotopic (exact) mass is 366 g/mol. The van der Waals surface area contributed by atoms with Gasteiger partial charge in [-0.2, -0.15) is 0 Å². The van der Waals surface area contributed by atoms with E-state index >= 15 is 0 Å². The number of benzene rings is 2. The topological polar surface area (TPSA) is 65.7 Å². The maximum atomic E-state index is 12.3. The van der Waals surface area contributed by atoms with Gasteiger partial charge in [0.05, 0.1) is 12.2 Å². The number of rotatable bonds is 7. The molecule has 0 aliphatic heterocycles. The zero-order valence-corrected chi connectivity index (χ0v) is 15.5. The van der Waals surface area contributed by atoms with Gasteiger partial charge in [-0.25, -0.2) is 9.59 Å². The Bertz CT molecular complexity index is 986. The van der Waals surface area contributed by atoms with Crippen molar-refractivity contribution in [3.05, 3.63) is 75.6 Å². The molecule has 0 aliphatic rings. The van der Waals surface area contributed by atoms with Crippen LogP contribution in [0.2, 0.25) is 0 Å². The number of unbranched alkanes of at least 4 members (excludes halogenated alkanes) is 1. The Labute approximate surface area is 157 Å². The SMILES string of the molecule is CCCCOc1ccc(C(=O)OCc2cc(=O)oc3cc(C)ccc23)cc1. The first-order valence-corrected chi connectivity index (χ1v) is 9.00. The maximum absolute atomic E-state index is 12.3. The van der Waals surface area contributed by atoms with Crippen molar-refractivity contribution in [3.8, 4) is 5.75 Å². The molecule has 0 atom stereocenters. The first kappa shape index (κ1) is 18.7. The van der Waals surface area contributed by atoms with Gasteiger partial charge in [-0.05, 0) is 49.2 Å². The molecule has 3 aromatic rings. The van der Waals surface area contributed by atoms with Crippen molar-refractivity contribution in [1.82, 2.24) is 0 Å². The van der Waals surface area contributed by atoms with Gasteiger partial charge in [-0.1, -0.05) is 25.5 Å². The van der Waals surface area contributed by atoms with E-state index in [1.165, 1.54) is 6.07 Å². The summed E-state index contributed by atoms with van der Waals surface area (Å²) in [6.07, 6.45) is 2.05. The maximum Gasteiger partial charge on any atom is 0.338 e. The van der Waals surface area contributed by atoms with E-state index in [2.05, 4.69) is 6.92 Å². The summed E-state index contributed by atoms with van der Waals surface area (Å²) in [7, 11) is 0. The minimum Gasteiger partial charge on any atom is -0.494 e. The minimum absolute atomic E-state index is 0.00124. The van der Waals surface area contributed by atoms with Gasteiger partial charge in [0.1, 0.15) is 17.9 Å². The Morgan fingerprint density at radius 2 is 1.85 bits per heavy atom. The first-order chi connectivity index (χ1) is 13.1. The van der Waals surface area contributed by atoms with Gasteiger partial charge in [-0.15, -0.1) is 0 Å². The van der Waals surface area contributed by atoms with Crippen molar-refractivity contribution in [3.63, 3.8) is 0 Å². The summed E-state index contributed by atoms with van der Waals surface area (Å²) in [6, 6.07) is 13.8. The van der Waals surface area contributed by atoms with Gasteiger partial charge in [0.2, 0.25) is 0 Å². The summed E-state index contributed by atoms with van der Waals surface area (Å²) in [5.74, 6) is 0.269. The van der Waals surface area contributed by atoms with E-state index in [4.69, 9.17) is 13.9 Å². The van der Waals surface area contributed by atoms with E-state index in [0.29, 0.717) is 23.3 Å². The average molecular weight is 366 g/mol. The molecule has 0 fully saturated rings. The van der Waals surface area contributed by atoms with Crippen molar-refractivity contribution < 1.29 is 18.7 Å². The van der Waals surface area contributed by atoms with Crippen molar-refractivity contribution in [2.24, 2.45) is 0 Å². The quantitative estimate of drug-likeness (QED) is 0.346. The molecule has 0 saturated heterocycles. The summed E-state index contributed by atoms with van der Waals surface area (Å²) < 4.78 is 16.2. The van der Waals surface area contributed by atoms with E-state index in [0.717, 1.165) is 29.5 Å². The standard InChI is InChI=1S/C22H22O5/c1-3-4-11-25-18-8-6-16(7-9-18)22(24)26-14-17-13-21(23)27-20-12-15(2)5-10-19(17)20/h5-10,12-13H,3-4,11,14H2,1-2H3. The van der Waals surface area contributed by atoms with Crippen LogP contribution in [0.3, 0.4) is 0 Å². The Hall–Kier alpha value is -3.08. The molecule has 0 N–H and O–H groups in total. The number of hydrogen-bond donors (Lipinski definition) is 0. The Kier molecular flexibility index (Phi) is 5.91. The minimum atomic E-state index is -0.465. The molecular formula is C22H22O5. The normalized spacial score (nSPS) is 10.7. The highest BCUT2D eigenvalue weighted by molar-refractivity contribution is 5.89. The molecule has 2 aromatic carbocycles. The van der Waals surface area contributed by atoms with Crippen molar-refractivity contribution in [2.75, 3.05) is 6.61 Å². The highest BCUT2D eigenvalue weighted by atomic mass is 16.5. The molecular weight excluding hydrogens is 344 g/mol. The number of aryl methyl sites for hydroxylation is 1. The van der Waals surface area contributed by atoms with Gasteiger partial charge < -0.3 is 13.9 Å². The van der Waals surface area contributed by atoms with E-state index in [1.807, 2.05) is 19.1 Å². The zero-order valence-electron chi connectivity index (χ0n) is 15.5. The van der Waals surface area contributed by atoms with E-state index in [9.17, 15) is 9.59 Å². The lowest BCUT2D eigenvalue weighted by Gasteiger charge is -2.09. The number of carbonyl (C=O) groups excluding carboxylic acids is 1. The van der Waals surface area contributed by atoms with Crippen molar-refractivity contribution >= 4 is 16.9 Å². The lowest BCUT2D eigenvalue weighted by molar-refractivity contribution is 0.0474. The Morgan fingerprint density at radius 1 is 1.07 bits per heavy atom. The van der Waals surface area contributed by atoms with Crippen LogP contribution >= 0.6 is 0 Å². The van der Waals surface area contributed by atoms with Crippen molar-refractivity contribution in [2.45, 2.75) is 33.3 Å². The number of esters is 1. The third-order valence-electron chi connectivity index (χ3n) is 4.20. The molecule has 0 saturated carbocycles. The third kappa shape index (κ3) is 4.76. The number of hydrogen-bond acceptors (Lipinski definition) is 5. The van der Waals surface area contributed by atoms with Crippen LogP contribution in [-0.2, 0) is 11.3 Å². The van der Waals surface area contributed by atoms with E-state index < -0.39 is 11.6 Å². The predicted molar refractivity (Wildman–Crippen MR) is 103 cm³/mol. The molecule has 5 nitrogen and oxygen atoms in total. The number of fused-ring (bicyclic) bond motifs is 1. The summed E-state index contributed by atoms with van der Waals surface area (Å²) in [5.41, 5.74) is 2.06. The molecule has 0 radical (unpaired) electrons. The van der Waals surface area contributed by atoms with Gasteiger partial charge >= 0.3 is 11.6 Å². The Morgan fingerprint density at radius 3 is 2.59 bits per heavy atom. The largest absolute Gasteiger partial charge is 0.494 e. The van der Waals surface area contributed by atoms with Crippen LogP contribution < -0.4 is 10.4 Å². The fraction of sp³-hybridized carbons (Fsp3) is 0.273. The summed E-state index contributed by atoms with van der Waals surface area (Å²) in [6.45, 7) is 4.67. The first-order valence-electron chi connectivity index (χ1n) is 9.00. The molecule has 1 aromatic heterocycles. The van der Waals surface area contributed by atoms with Crippen LogP contribution in [0.25, 0.3) is 11.0 Å². The lowest BCUT2D eigenvalue weighted by atomic mass is 10.1. The fourth-order valence-electron chi connectivity index (χ4n) is 2.70. The van der Waals surface area contributed by atoms with Crippen LogP contribution in [0.1, 0.15) is 41.3 Å². The molecule has 0 unspecified atom stereocenters. The lowest BCUT2D eigenvalue weighted by Crippen LogP contribution is -2.08. The molecule has 27 heavy (non-hydrogen) atoms. The van der Waals surface area contributed by atoms with Crippen LogP contribution in [0.15, 0.2) is 57.7 Å². The number of carbonyl (C=O) groups is 1. The van der Waals surface area contributed by atoms with E-state index in [-0.39, 0.29) is 6.61 Å².